The summed E-state index contributed by atoms with van der Waals surface area (Å²) >= 11 is 0. The predicted octanol–water partition coefficient (Wildman–Crippen LogP) is 9.90. The molecule has 18 atom stereocenters. The summed E-state index contributed by atoms with van der Waals surface area (Å²) in [5, 5.41) is 110. The highest BCUT2D eigenvalue weighted by Crippen LogP contribution is 2.49. The van der Waals surface area contributed by atoms with Gasteiger partial charge in [0.05, 0.1) is 13.2 Å². The quantitative estimate of drug-likeness (QED) is 0.00886. The molecule has 25 heteroatoms. The van der Waals surface area contributed by atoms with Crippen molar-refractivity contribution in [3.8, 4) is 0 Å². The van der Waals surface area contributed by atoms with Gasteiger partial charge in [-0.25, -0.2) is 4.57 Å². The number of ether oxygens (including phenoxy) is 7. The van der Waals surface area contributed by atoms with E-state index in [2.05, 4.69) is 57.2 Å². The third-order valence-electron chi connectivity index (χ3n) is 18.1. The van der Waals surface area contributed by atoms with Crippen molar-refractivity contribution in [3.05, 3.63) is 36.5 Å². The van der Waals surface area contributed by atoms with Crippen molar-refractivity contribution >= 4 is 25.7 Å². The van der Waals surface area contributed by atoms with Gasteiger partial charge in [0.1, 0.15) is 98.7 Å². The first-order chi connectivity index (χ1) is 46.8. The van der Waals surface area contributed by atoms with Crippen molar-refractivity contribution in [2.75, 3.05) is 26.4 Å². The summed E-state index contributed by atoms with van der Waals surface area (Å²) in [6.45, 7) is 3.37. The molecule has 3 aliphatic rings. The van der Waals surface area contributed by atoms with Gasteiger partial charge in [-0.3, -0.25) is 23.4 Å². The Morgan fingerprint density at radius 1 is 0.392 bits per heavy atom. The number of aliphatic hydroxyl groups is 10. The number of aliphatic hydroxyl groups excluding tert-OH is 10. The average Bonchev–Trinajstić information content (AvgIpc) is 0.772. The van der Waals surface area contributed by atoms with Crippen LogP contribution in [0.4, 0.5) is 0 Å². The molecule has 0 aromatic heterocycles. The lowest BCUT2D eigenvalue weighted by Crippen LogP contribution is -2.69. The Morgan fingerprint density at radius 2 is 0.722 bits per heavy atom. The molecule has 11 N–H and O–H groups in total. The van der Waals surface area contributed by atoms with Gasteiger partial charge in [-0.1, -0.05) is 192 Å². The van der Waals surface area contributed by atoms with Gasteiger partial charge in [0.25, 0.3) is 0 Å². The Bertz CT molecular complexity index is 2150. The summed E-state index contributed by atoms with van der Waals surface area (Å²) < 4.78 is 64.9. The molecule has 0 radical (unpaired) electrons. The van der Waals surface area contributed by atoms with Crippen molar-refractivity contribution in [2.24, 2.45) is 0 Å². The average molecular weight is 1410 g/mol. The van der Waals surface area contributed by atoms with E-state index in [0.717, 1.165) is 109 Å². The lowest BCUT2D eigenvalue weighted by atomic mass is 9.84. The van der Waals surface area contributed by atoms with Crippen molar-refractivity contribution < 1.29 is 117 Å². The molecule has 2 heterocycles. The van der Waals surface area contributed by atoms with E-state index in [0.29, 0.717) is 25.7 Å². The molecule has 0 amide bonds. The van der Waals surface area contributed by atoms with Crippen LogP contribution < -0.4 is 0 Å². The van der Waals surface area contributed by atoms with Crippen LogP contribution in [0.25, 0.3) is 0 Å². The SMILES string of the molecule is CCCCCC/C=C\CCCCCCCCCC(=O)OCC1OC(OC2C(O)C(O)C(O)C(OC3OC(CO)C(O)C(O)C3O)C2OP(=O)(O)OCC(COC(=O)CCCCC/C=C\CCCCCCCC)OC(=O)CCCCC/C=C\CCCCCCCCC)C(O)C(O)C1O. The predicted molar refractivity (Wildman–Crippen MR) is 365 cm³/mol. The van der Waals surface area contributed by atoms with Crippen LogP contribution in [0.5, 0.6) is 0 Å². The van der Waals surface area contributed by atoms with E-state index in [1.807, 2.05) is 0 Å². The smallest absolute Gasteiger partial charge is 0.463 e. The van der Waals surface area contributed by atoms with Crippen LogP contribution in [0.1, 0.15) is 271 Å². The number of unbranched alkanes of at least 4 members (excludes halogenated alkanes) is 30. The number of esters is 3. The lowest BCUT2D eigenvalue weighted by molar-refractivity contribution is -0.360. The topological polar surface area (TPSA) is 374 Å². The molecule has 3 fully saturated rings. The van der Waals surface area contributed by atoms with Crippen molar-refractivity contribution in [2.45, 2.75) is 375 Å². The van der Waals surface area contributed by atoms with Crippen LogP contribution >= 0.6 is 7.82 Å². The summed E-state index contributed by atoms with van der Waals surface area (Å²) in [5.74, 6) is -2.03. The standard InChI is InChI=1S/C72H129O24P/c1-4-7-10-13-16-19-22-25-27-30-32-35-38-41-44-47-57(75)89-52-55-60(78)62(80)67(85)72(93-55)95-69-65(83)63(81)64(82)68(94-71-66(84)61(79)59(77)54(49-73)92-71)70(69)96-97(86,87)90-51-53(50-88-56(74)46-43-40-37-34-31-28-24-21-18-15-12-9-6-3)91-58(76)48-45-42-39-36-33-29-26-23-20-17-14-11-8-5-2/h19,22,28-29,31,33,53-55,59-73,77-85H,4-18,20-21,23-27,30,32,34-52H2,1-3H3,(H,86,87)/b22-19-,31-28-,33-29-. The van der Waals surface area contributed by atoms with Crippen LogP contribution in [0.2, 0.25) is 0 Å². The van der Waals surface area contributed by atoms with Crippen molar-refractivity contribution in [1.82, 2.24) is 0 Å². The number of carbonyl (C=O) groups is 3. The van der Waals surface area contributed by atoms with E-state index in [1.165, 1.54) is 96.3 Å². The summed E-state index contributed by atoms with van der Waals surface area (Å²) in [6, 6.07) is 0. The highest BCUT2D eigenvalue weighted by Gasteiger charge is 2.58. The largest absolute Gasteiger partial charge is 0.472 e. The highest BCUT2D eigenvalue weighted by molar-refractivity contribution is 7.47. The summed E-state index contributed by atoms with van der Waals surface area (Å²) in [4.78, 5) is 50.9. The minimum absolute atomic E-state index is 0.0210. The monoisotopic (exact) mass is 1410 g/mol. The van der Waals surface area contributed by atoms with Crippen LogP contribution in [0.15, 0.2) is 36.5 Å². The maximum absolute atomic E-state index is 14.3. The Hall–Kier alpha value is -2.82. The second kappa shape index (κ2) is 53.9. The molecule has 1 aliphatic carbocycles. The highest BCUT2D eigenvalue weighted by atomic mass is 31.2. The minimum Gasteiger partial charge on any atom is -0.463 e. The molecule has 2 saturated heterocycles. The Morgan fingerprint density at radius 3 is 1.13 bits per heavy atom. The third-order valence-corrected chi connectivity index (χ3v) is 19.1. The molecule has 24 nitrogen and oxygen atoms in total. The molecule has 0 spiro atoms. The van der Waals surface area contributed by atoms with Gasteiger partial charge in [-0.2, -0.15) is 0 Å². The molecular weight excluding hydrogens is 1280 g/mol. The normalized spacial score (nSPS) is 28.0. The zero-order valence-electron chi connectivity index (χ0n) is 58.9. The van der Waals surface area contributed by atoms with Crippen LogP contribution in [0.3, 0.4) is 0 Å². The van der Waals surface area contributed by atoms with E-state index < -0.39 is 156 Å². The van der Waals surface area contributed by atoms with Gasteiger partial charge in [0.2, 0.25) is 0 Å². The van der Waals surface area contributed by atoms with Gasteiger partial charge in [-0.05, 0) is 96.3 Å². The summed E-state index contributed by atoms with van der Waals surface area (Å²) in [6.07, 6.45) is 15.1. The second-order valence-electron chi connectivity index (χ2n) is 26.6. The van der Waals surface area contributed by atoms with Crippen molar-refractivity contribution in [1.29, 1.82) is 0 Å². The Balaban J connectivity index is 1.75. The first-order valence-corrected chi connectivity index (χ1v) is 38.8. The molecule has 3 rings (SSSR count). The van der Waals surface area contributed by atoms with Gasteiger partial charge in [0.15, 0.2) is 18.7 Å². The number of phosphoric ester groups is 1. The fourth-order valence-electron chi connectivity index (χ4n) is 12.0. The van der Waals surface area contributed by atoms with E-state index in [4.69, 9.17) is 42.2 Å². The molecule has 0 bridgehead atoms. The molecule has 97 heavy (non-hydrogen) atoms. The van der Waals surface area contributed by atoms with E-state index >= 15 is 0 Å². The second-order valence-corrected chi connectivity index (χ2v) is 28.0. The minimum atomic E-state index is -5.70. The summed E-state index contributed by atoms with van der Waals surface area (Å²) in [5.41, 5.74) is 0. The van der Waals surface area contributed by atoms with Crippen molar-refractivity contribution in [3.63, 3.8) is 0 Å². The van der Waals surface area contributed by atoms with Gasteiger partial charge in [0, 0.05) is 19.3 Å². The number of allylic oxidation sites excluding steroid dienone is 6. The number of hydrogen-bond donors (Lipinski definition) is 11. The van der Waals surface area contributed by atoms with Gasteiger partial charge >= 0.3 is 25.7 Å². The first kappa shape index (κ1) is 88.4. The zero-order valence-corrected chi connectivity index (χ0v) is 59.8. The maximum atomic E-state index is 14.3. The maximum Gasteiger partial charge on any atom is 0.472 e. The van der Waals surface area contributed by atoms with Crippen LogP contribution in [-0.4, -0.2) is 204 Å². The van der Waals surface area contributed by atoms with Crippen LogP contribution in [0, 0.1) is 0 Å². The number of rotatable bonds is 57. The molecule has 0 aromatic carbocycles. The fraction of sp³-hybridized carbons (Fsp3) is 0.875. The van der Waals surface area contributed by atoms with E-state index in [1.54, 1.807) is 0 Å². The molecule has 1 saturated carbocycles. The van der Waals surface area contributed by atoms with E-state index in [-0.39, 0.29) is 19.3 Å². The molecular formula is C72H129O24P. The number of carbonyl (C=O) groups excluding carboxylic acids is 3. The zero-order chi connectivity index (χ0) is 71.1. The molecule has 2 aliphatic heterocycles. The fourth-order valence-corrected chi connectivity index (χ4v) is 12.9. The number of hydrogen-bond acceptors (Lipinski definition) is 23. The van der Waals surface area contributed by atoms with Gasteiger partial charge < -0.3 is 89.1 Å². The Labute approximate surface area is 578 Å². The molecule has 18 unspecified atom stereocenters. The number of phosphoric acid groups is 1. The summed E-state index contributed by atoms with van der Waals surface area (Å²) in [7, 11) is -5.70. The van der Waals surface area contributed by atoms with Gasteiger partial charge in [-0.15, -0.1) is 0 Å². The third kappa shape index (κ3) is 37.3. The van der Waals surface area contributed by atoms with E-state index in [9.17, 15) is 74.9 Å². The van der Waals surface area contributed by atoms with Crippen LogP contribution in [-0.2, 0) is 61.2 Å². The molecule has 0 aromatic rings. The Kier molecular flexibility index (Phi) is 49.1. The molecule has 566 valence electrons. The first-order valence-electron chi connectivity index (χ1n) is 37.3. The lowest BCUT2D eigenvalue weighted by Gasteiger charge is -2.49.